The number of phenolic OH excluding ortho intramolecular Hbond substituents is 1. The standard InChI is InChI=1S/C35H33N3O/c1-23(2)24-13-15-29-25(19-24)17-18-36-34(29)26-9-8-10-28(20-26)37-22-38(31-12-7-6-11-30(31)37)32-21-27(35(3,4)5)14-16-33(32)39/h6-21,23,39H,1-5H3. The van der Waals surface area contributed by atoms with Crippen LogP contribution in [0.3, 0.4) is 0 Å². The van der Waals surface area contributed by atoms with E-state index in [0.29, 0.717) is 11.6 Å². The summed E-state index contributed by atoms with van der Waals surface area (Å²) in [4.78, 5) is 4.79. The van der Waals surface area contributed by atoms with Gasteiger partial charge in [0.1, 0.15) is 11.4 Å². The van der Waals surface area contributed by atoms with Gasteiger partial charge in [-0.25, -0.2) is 0 Å². The van der Waals surface area contributed by atoms with Gasteiger partial charge in [-0.05, 0) is 63.7 Å². The molecule has 6 aromatic rings. The normalized spacial score (nSPS) is 12.1. The highest BCUT2D eigenvalue weighted by molar-refractivity contribution is 5.95. The van der Waals surface area contributed by atoms with Crippen molar-refractivity contribution in [3.63, 3.8) is 0 Å². The second kappa shape index (κ2) is 9.39. The van der Waals surface area contributed by atoms with Crippen LogP contribution < -0.4 is 4.57 Å². The smallest absolute Gasteiger partial charge is 0.269 e. The molecular weight excluding hydrogens is 478 g/mol. The van der Waals surface area contributed by atoms with Gasteiger partial charge in [-0.3, -0.25) is 14.1 Å². The lowest BCUT2D eigenvalue weighted by Crippen LogP contribution is -2.29. The number of aromatic hydroxyl groups is 1. The Labute approximate surface area is 229 Å². The van der Waals surface area contributed by atoms with Gasteiger partial charge in [0.15, 0.2) is 0 Å². The Morgan fingerprint density at radius 1 is 0.872 bits per heavy atom. The molecule has 0 aliphatic rings. The van der Waals surface area contributed by atoms with Crippen LogP contribution in [0.2, 0.25) is 0 Å². The number of aromatic nitrogens is 3. The number of hydrogen-bond donors (Lipinski definition) is 1. The van der Waals surface area contributed by atoms with Crippen molar-refractivity contribution in [2.24, 2.45) is 0 Å². The van der Waals surface area contributed by atoms with Crippen molar-refractivity contribution in [3.05, 3.63) is 115 Å². The van der Waals surface area contributed by atoms with E-state index in [-0.39, 0.29) is 11.2 Å². The number of rotatable bonds is 4. The zero-order valence-electron chi connectivity index (χ0n) is 23.1. The molecule has 6 rings (SSSR count). The van der Waals surface area contributed by atoms with Crippen molar-refractivity contribution in [3.8, 4) is 28.4 Å². The molecule has 2 aromatic heterocycles. The third-order valence-electron chi connectivity index (χ3n) is 7.48. The lowest BCUT2D eigenvalue weighted by molar-refractivity contribution is -0.572. The Morgan fingerprint density at radius 2 is 1.69 bits per heavy atom. The molecule has 0 saturated carbocycles. The predicted octanol–water partition coefficient (Wildman–Crippen LogP) is 8.05. The van der Waals surface area contributed by atoms with Crippen LogP contribution in [0.1, 0.15) is 51.7 Å². The molecule has 4 aromatic carbocycles. The maximum atomic E-state index is 10.9. The fourth-order valence-electron chi connectivity index (χ4n) is 5.18. The Hall–Kier alpha value is -4.44. The molecule has 0 amide bonds. The Kier molecular flexibility index (Phi) is 5.99. The van der Waals surface area contributed by atoms with Gasteiger partial charge in [0.2, 0.25) is 0 Å². The first-order chi connectivity index (χ1) is 18.7. The van der Waals surface area contributed by atoms with E-state index in [4.69, 9.17) is 4.98 Å². The van der Waals surface area contributed by atoms with Crippen molar-refractivity contribution < 1.29 is 9.67 Å². The van der Waals surface area contributed by atoms with E-state index < -0.39 is 0 Å². The second-order valence-electron chi connectivity index (χ2n) is 11.6. The molecule has 39 heavy (non-hydrogen) atoms. The van der Waals surface area contributed by atoms with Gasteiger partial charge in [-0.2, -0.15) is 0 Å². The topological polar surface area (TPSA) is 41.9 Å². The first kappa shape index (κ1) is 24.9. The zero-order valence-corrected chi connectivity index (χ0v) is 23.1. The summed E-state index contributed by atoms with van der Waals surface area (Å²) in [6.07, 6.45) is 5.42. The van der Waals surface area contributed by atoms with Crippen LogP contribution >= 0.6 is 0 Å². The molecule has 0 spiro atoms. The number of para-hydroxylation sites is 2. The van der Waals surface area contributed by atoms with Crippen molar-refractivity contribution in [1.82, 2.24) is 9.55 Å². The molecule has 0 radical (unpaired) electrons. The highest BCUT2D eigenvalue weighted by Crippen LogP contribution is 2.32. The first-order valence-electron chi connectivity index (χ1n) is 13.5. The Balaban J connectivity index is 1.51. The average Bonchev–Trinajstić information content (AvgIpc) is 3.31. The van der Waals surface area contributed by atoms with Gasteiger partial charge in [-0.1, -0.05) is 95.3 Å². The average molecular weight is 512 g/mol. The van der Waals surface area contributed by atoms with Crippen molar-refractivity contribution in [1.29, 1.82) is 0 Å². The van der Waals surface area contributed by atoms with Crippen LogP contribution in [0.25, 0.3) is 44.4 Å². The first-order valence-corrected chi connectivity index (χ1v) is 13.5. The molecule has 0 fully saturated rings. The molecule has 4 nitrogen and oxygen atoms in total. The molecule has 1 N–H and O–H groups in total. The van der Waals surface area contributed by atoms with Gasteiger partial charge < -0.3 is 5.11 Å². The number of imidazole rings is 1. The third kappa shape index (κ3) is 4.46. The second-order valence-corrected chi connectivity index (χ2v) is 11.6. The summed E-state index contributed by atoms with van der Waals surface area (Å²) in [7, 11) is 0. The van der Waals surface area contributed by atoms with E-state index >= 15 is 0 Å². The fourth-order valence-corrected chi connectivity index (χ4v) is 5.18. The summed E-state index contributed by atoms with van der Waals surface area (Å²) in [5.41, 5.74) is 8.10. The van der Waals surface area contributed by atoms with Crippen LogP contribution in [-0.4, -0.2) is 14.7 Å². The summed E-state index contributed by atoms with van der Waals surface area (Å²) in [6.45, 7) is 11.0. The molecule has 0 saturated heterocycles. The van der Waals surface area contributed by atoms with Crippen LogP contribution in [0, 0.1) is 6.33 Å². The number of fused-ring (bicyclic) bond motifs is 2. The van der Waals surface area contributed by atoms with Gasteiger partial charge in [0.25, 0.3) is 6.33 Å². The predicted molar refractivity (Wildman–Crippen MR) is 159 cm³/mol. The van der Waals surface area contributed by atoms with E-state index in [9.17, 15) is 5.11 Å². The maximum Gasteiger partial charge on any atom is 0.269 e. The van der Waals surface area contributed by atoms with E-state index in [2.05, 4.69) is 112 Å². The molecule has 2 heterocycles. The molecule has 4 heteroatoms. The highest BCUT2D eigenvalue weighted by Gasteiger charge is 2.19. The summed E-state index contributed by atoms with van der Waals surface area (Å²) in [6, 6.07) is 31.2. The third-order valence-corrected chi connectivity index (χ3v) is 7.48. The summed E-state index contributed by atoms with van der Waals surface area (Å²) < 4.78 is 4.01. The molecular formula is C35H33N3O. The number of hydrogen-bond acceptors (Lipinski definition) is 2. The van der Waals surface area contributed by atoms with E-state index in [1.54, 1.807) is 6.07 Å². The molecule has 0 aliphatic heterocycles. The maximum absolute atomic E-state index is 10.9. The number of pyridine rings is 1. The van der Waals surface area contributed by atoms with E-state index in [0.717, 1.165) is 38.9 Å². The van der Waals surface area contributed by atoms with Crippen LogP contribution in [0.15, 0.2) is 97.2 Å². The van der Waals surface area contributed by atoms with Crippen molar-refractivity contribution >= 4 is 21.8 Å². The Bertz CT molecular complexity index is 1840. The van der Waals surface area contributed by atoms with Crippen molar-refractivity contribution in [2.75, 3.05) is 0 Å². The van der Waals surface area contributed by atoms with Gasteiger partial charge in [0, 0.05) is 11.6 Å². The van der Waals surface area contributed by atoms with Crippen LogP contribution in [0.5, 0.6) is 5.75 Å². The molecule has 0 unspecified atom stereocenters. The number of nitrogens with zero attached hydrogens (tertiary/aromatic N) is 3. The highest BCUT2D eigenvalue weighted by atomic mass is 16.3. The largest absolute Gasteiger partial charge is 0.511 e. The number of benzene rings is 4. The number of phenols is 1. The fraction of sp³-hybridized carbons (Fsp3) is 0.200. The Morgan fingerprint density at radius 3 is 2.49 bits per heavy atom. The van der Waals surface area contributed by atoms with E-state index in [1.165, 1.54) is 10.9 Å². The van der Waals surface area contributed by atoms with Gasteiger partial charge in [0.05, 0.1) is 22.4 Å². The SMILES string of the molecule is CC(C)c1ccc2c(-c3cccc(-[n+]4[c-]n(-c5cc(C(C)(C)C)ccc5O)c5ccccc54)c3)nccc2c1. The van der Waals surface area contributed by atoms with Crippen molar-refractivity contribution in [2.45, 2.75) is 46.0 Å². The quantitative estimate of drug-likeness (QED) is 0.192. The minimum Gasteiger partial charge on any atom is -0.511 e. The minimum atomic E-state index is -0.0445. The molecule has 0 aliphatic carbocycles. The zero-order chi connectivity index (χ0) is 27.3. The summed E-state index contributed by atoms with van der Waals surface area (Å²) in [5, 5.41) is 13.2. The molecule has 0 bridgehead atoms. The summed E-state index contributed by atoms with van der Waals surface area (Å²) >= 11 is 0. The van der Waals surface area contributed by atoms with Crippen LogP contribution in [0.4, 0.5) is 0 Å². The molecule has 194 valence electrons. The lowest BCUT2D eigenvalue weighted by atomic mass is 9.87. The lowest BCUT2D eigenvalue weighted by Gasteiger charge is -2.20. The van der Waals surface area contributed by atoms with Crippen LogP contribution in [-0.2, 0) is 5.41 Å². The monoisotopic (exact) mass is 511 g/mol. The van der Waals surface area contributed by atoms with E-state index in [1.807, 2.05) is 29.0 Å². The van der Waals surface area contributed by atoms with Gasteiger partial charge >= 0.3 is 0 Å². The molecule has 0 atom stereocenters. The summed E-state index contributed by atoms with van der Waals surface area (Å²) in [5.74, 6) is 0.698. The minimum absolute atomic E-state index is 0.0445. The van der Waals surface area contributed by atoms with Gasteiger partial charge in [-0.15, -0.1) is 0 Å².